The molecular weight excluding hydrogens is 803 g/mol. The van der Waals surface area contributed by atoms with Crippen LogP contribution in [0, 0.1) is 0 Å². The maximum atomic E-state index is 12.5. The lowest BCUT2D eigenvalue weighted by Crippen LogP contribution is -2.45. The van der Waals surface area contributed by atoms with E-state index in [1.54, 1.807) is 6.08 Å². The molecule has 0 aliphatic heterocycles. The van der Waals surface area contributed by atoms with Crippen molar-refractivity contribution in [1.82, 2.24) is 5.32 Å². The Bertz CT molecular complexity index is 1060. The maximum absolute atomic E-state index is 12.5. The number of allylic oxidation sites excluding steroid dienone is 5. The van der Waals surface area contributed by atoms with Crippen molar-refractivity contribution < 1.29 is 24.5 Å². The zero-order valence-electron chi connectivity index (χ0n) is 43.5. The standard InChI is InChI=1S/C59H111NO5/c1-3-5-7-9-11-13-15-17-19-21-23-25-27-29-33-37-41-45-49-53-59(64)65-54-50-46-42-38-34-30-32-36-40-44-48-52-58(63)60-56(55-61)57(62)51-47-43-39-35-31-28-26-24-22-20-18-16-14-12-10-8-6-4-2/h17,19,34,38,47,51,56-57,61-62H,3-16,18,20-33,35-37,39-46,48-50,52-55H2,1-2H3,(H,60,63)/b19-17-,38-34-,51-47+. The second kappa shape index (κ2) is 54.7. The van der Waals surface area contributed by atoms with Gasteiger partial charge in [0.1, 0.15) is 0 Å². The molecular formula is C59H111NO5. The third kappa shape index (κ3) is 51.3. The van der Waals surface area contributed by atoms with Gasteiger partial charge >= 0.3 is 5.97 Å². The molecule has 65 heavy (non-hydrogen) atoms. The highest BCUT2D eigenvalue weighted by Gasteiger charge is 2.18. The number of nitrogens with one attached hydrogen (secondary N) is 1. The smallest absolute Gasteiger partial charge is 0.305 e. The van der Waals surface area contributed by atoms with Gasteiger partial charge in [-0.3, -0.25) is 9.59 Å². The summed E-state index contributed by atoms with van der Waals surface area (Å²) in [5.74, 6) is -0.129. The monoisotopic (exact) mass is 914 g/mol. The SMILES string of the molecule is CCCCCCCC/C=C\CCCCCCCCCCCC(=O)OCCCC/C=C\CCCCCCCC(=O)NC(CO)C(O)/C=C/CCCCCCCCCCCCCCCCCC. The number of aliphatic hydroxyl groups excluding tert-OH is 2. The second-order valence-corrected chi connectivity index (χ2v) is 19.6. The van der Waals surface area contributed by atoms with Gasteiger partial charge in [-0.2, -0.15) is 0 Å². The molecule has 0 saturated carbocycles. The minimum Gasteiger partial charge on any atom is -0.466 e. The number of aliphatic hydroxyl groups is 2. The summed E-state index contributed by atoms with van der Waals surface area (Å²) in [6.45, 7) is 4.83. The third-order valence-electron chi connectivity index (χ3n) is 13.1. The van der Waals surface area contributed by atoms with E-state index in [1.165, 1.54) is 193 Å². The molecule has 0 fully saturated rings. The zero-order valence-corrected chi connectivity index (χ0v) is 43.5. The Hall–Kier alpha value is -1.92. The minimum atomic E-state index is -0.863. The van der Waals surface area contributed by atoms with E-state index in [1.807, 2.05) is 6.08 Å². The summed E-state index contributed by atoms with van der Waals surface area (Å²) >= 11 is 0. The highest BCUT2D eigenvalue weighted by atomic mass is 16.5. The molecule has 0 aliphatic carbocycles. The van der Waals surface area contributed by atoms with Crippen LogP contribution in [0.15, 0.2) is 36.5 Å². The number of hydrogen-bond donors (Lipinski definition) is 3. The Kier molecular flexibility index (Phi) is 53.1. The molecule has 3 N–H and O–H groups in total. The molecule has 0 saturated heterocycles. The number of esters is 1. The normalized spacial score (nSPS) is 12.9. The van der Waals surface area contributed by atoms with Crippen LogP contribution in [0.25, 0.3) is 0 Å². The Morgan fingerprint density at radius 3 is 1.09 bits per heavy atom. The van der Waals surface area contributed by atoms with E-state index in [0.29, 0.717) is 19.4 Å². The van der Waals surface area contributed by atoms with E-state index in [2.05, 4.69) is 43.5 Å². The molecule has 0 bridgehead atoms. The first-order valence-corrected chi connectivity index (χ1v) is 28.8. The van der Waals surface area contributed by atoms with Crippen LogP contribution in [0.2, 0.25) is 0 Å². The number of ether oxygens (including phenoxy) is 1. The van der Waals surface area contributed by atoms with E-state index in [4.69, 9.17) is 4.74 Å². The van der Waals surface area contributed by atoms with Crippen LogP contribution in [0.3, 0.4) is 0 Å². The van der Waals surface area contributed by atoms with Crippen LogP contribution in [-0.2, 0) is 14.3 Å². The Balaban J connectivity index is 3.53. The molecule has 0 aromatic heterocycles. The van der Waals surface area contributed by atoms with Gasteiger partial charge in [0.05, 0.1) is 25.4 Å². The van der Waals surface area contributed by atoms with E-state index in [-0.39, 0.29) is 18.5 Å². The Labute approximate surface area is 404 Å². The van der Waals surface area contributed by atoms with Crippen molar-refractivity contribution in [3.05, 3.63) is 36.5 Å². The van der Waals surface area contributed by atoms with Gasteiger partial charge in [0.15, 0.2) is 0 Å². The lowest BCUT2D eigenvalue weighted by atomic mass is 10.0. The van der Waals surface area contributed by atoms with Crippen LogP contribution in [0.4, 0.5) is 0 Å². The first-order chi connectivity index (χ1) is 32.0. The highest BCUT2D eigenvalue weighted by molar-refractivity contribution is 5.76. The number of carbonyl (C=O) groups is 2. The van der Waals surface area contributed by atoms with E-state index >= 15 is 0 Å². The number of hydrogen-bond acceptors (Lipinski definition) is 5. The van der Waals surface area contributed by atoms with Gasteiger partial charge < -0.3 is 20.3 Å². The van der Waals surface area contributed by atoms with Crippen LogP contribution < -0.4 is 5.32 Å². The summed E-state index contributed by atoms with van der Waals surface area (Å²) in [5.41, 5.74) is 0. The predicted octanol–water partition coefficient (Wildman–Crippen LogP) is 17.6. The van der Waals surface area contributed by atoms with Gasteiger partial charge in [-0.1, -0.05) is 243 Å². The molecule has 0 aromatic carbocycles. The molecule has 2 unspecified atom stereocenters. The van der Waals surface area contributed by atoms with Gasteiger partial charge in [-0.05, 0) is 83.5 Å². The molecule has 0 rings (SSSR count). The molecule has 2 atom stereocenters. The van der Waals surface area contributed by atoms with Crippen molar-refractivity contribution in [2.24, 2.45) is 0 Å². The van der Waals surface area contributed by atoms with Gasteiger partial charge in [0.25, 0.3) is 0 Å². The van der Waals surface area contributed by atoms with Crippen LogP contribution >= 0.6 is 0 Å². The molecule has 1 amide bonds. The molecule has 0 aromatic rings. The van der Waals surface area contributed by atoms with Crippen molar-refractivity contribution in [3.8, 4) is 0 Å². The Morgan fingerprint density at radius 1 is 0.415 bits per heavy atom. The van der Waals surface area contributed by atoms with Crippen molar-refractivity contribution in [1.29, 1.82) is 0 Å². The fourth-order valence-corrected chi connectivity index (χ4v) is 8.68. The third-order valence-corrected chi connectivity index (χ3v) is 13.1. The molecule has 0 spiro atoms. The van der Waals surface area contributed by atoms with Crippen molar-refractivity contribution in [3.63, 3.8) is 0 Å². The maximum Gasteiger partial charge on any atom is 0.305 e. The average molecular weight is 915 g/mol. The van der Waals surface area contributed by atoms with Gasteiger partial charge in [-0.15, -0.1) is 0 Å². The first-order valence-electron chi connectivity index (χ1n) is 28.8. The summed E-state index contributed by atoms with van der Waals surface area (Å²) in [4.78, 5) is 24.5. The number of rotatable bonds is 53. The van der Waals surface area contributed by atoms with E-state index < -0.39 is 12.1 Å². The lowest BCUT2D eigenvalue weighted by Gasteiger charge is -2.20. The lowest BCUT2D eigenvalue weighted by molar-refractivity contribution is -0.143. The summed E-state index contributed by atoms with van der Waals surface area (Å²) < 4.78 is 5.45. The van der Waals surface area contributed by atoms with Crippen molar-refractivity contribution in [2.75, 3.05) is 13.2 Å². The first kappa shape index (κ1) is 63.1. The minimum absolute atomic E-state index is 0.0334. The number of carbonyl (C=O) groups excluding carboxylic acids is 2. The second-order valence-electron chi connectivity index (χ2n) is 19.6. The van der Waals surface area contributed by atoms with Crippen molar-refractivity contribution in [2.45, 2.75) is 315 Å². The topological polar surface area (TPSA) is 95.9 Å². The van der Waals surface area contributed by atoms with Crippen LogP contribution in [0.1, 0.15) is 303 Å². The van der Waals surface area contributed by atoms with E-state index in [0.717, 1.165) is 83.5 Å². The van der Waals surface area contributed by atoms with Crippen molar-refractivity contribution >= 4 is 11.9 Å². The summed E-state index contributed by atoms with van der Waals surface area (Å²) in [7, 11) is 0. The van der Waals surface area contributed by atoms with Crippen LogP contribution in [0.5, 0.6) is 0 Å². The van der Waals surface area contributed by atoms with Gasteiger partial charge in [0, 0.05) is 12.8 Å². The molecule has 382 valence electrons. The largest absolute Gasteiger partial charge is 0.466 e. The molecule has 6 nitrogen and oxygen atoms in total. The van der Waals surface area contributed by atoms with Crippen LogP contribution in [-0.4, -0.2) is 47.4 Å². The summed E-state index contributed by atoms with van der Waals surface area (Å²) in [6, 6.07) is -0.650. The highest BCUT2D eigenvalue weighted by Crippen LogP contribution is 2.16. The summed E-state index contributed by atoms with van der Waals surface area (Å²) in [6.07, 6.45) is 67.3. The number of amides is 1. The molecule has 0 heterocycles. The predicted molar refractivity (Wildman–Crippen MR) is 283 cm³/mol. The van der Waals surface area contributed by atoms with E-state index in [9.17, 15) is 19.8 Å². The fourth-order valence-electron chi connectivity index (χ4n) is 8.68. The Morgan fingerprint density at radius 2 is 0.723 bits per heavy atom. The summed E-state index contributed by atoms with van der Waals surface area (Å²) in [5, 5.41) is 23.1. The molecule has 6 heteroatoms. The quantitative estimate of drug-likeness (QED) is 0.0321. The molecule has 0 radical (unpaired) electrons. The van der Waals surface area contributed by atoms with Gasteiger partial charge in [-0.25, -0.2) is 0 Å². The number of unbranched alkanes of at least 4 members (excludes halogenated alkanes) is 38. The average Bonchev–Trinajstić information content (AvgIpc) is 3.31. The molecule has 0 aliphatic rings. The fraction of sp³-hybridized carbons (Fsp3) is 0.864. The van der Waals surface area contributed by atoms with Gasteiger partial charge in [0.2, 0.25) is 5.91 Å². The zero-order chi connectivity index (χ0) is 47.2.